The fraction of sp³-hybridized carbons (Fsp3) is 0.0952. The summed E-state index contributed by atoms with van der Waals surface area (Å²) in [4.78, 5) is 28.6. The zero-order valence-electron chi connectivity index (χ0n) is 15.4. The molecule has 0 bridgehead atoms. The summed E-state index contributed by atoms with van der Waals surface area (Å²) in [5.74, 6) is -3.04. The quantitative estimate of drug-likeness (QED) is 0.598. The molecule has 6 nitrogen and oxygen atoms in total. The fourth-order valence-electron chi connectivity index (χ4n) is 2.54. The van der Waals surface area contributed by atoms with Crippen LogP contribution in [0.5, 0.6) is 0 Å². The van der Waals surface area contributed by atoms with Gasteiger partial charge in [0.2, 0.25) is 0 Å². The molecule has 0 radical (unpaired) electrons. The van der Waals surface area contributed by atoms with E-state index in [2.05, 4.69) is 15.6 Å². The molecule has 1 aromatic heterocycles. The molecule has 0 atom stereocenters. The summed E-state index contributed by atoms with van der Waals surface area (Å²) >= 11 is 0. The van der Waals surface area contributed by atoms with Crippen LogP contribution in [0.2, 0.25) is 0 Å². The maximum Gasteiger partial charge on any atom is 0.340 e. The van der Waals surface area contributed by atoms with E-state index in [9.17, 15) is 18.4 Å². The van der Waals surface area contributed by atoms with Crippen molar-refractivity contribution in [3.05, 3.63) is 83.7 Å². The Balaban J connectivity index is 1.78. The molecule has 0 fully saturated rings. The van der Waals surface area contributed by atoms with Gasteiger partial charge in [-0.2, -0.15) is 0 Å². The van der Waals surface area contributed by atoms with E-state index in [1.54, 1.807) is 37.3 Å². The van der Waals surface area contributed by atoms with E-state index in [0.29, 0.717) is 11.4 Å². The van der Waals surface area contributed by atoms with E-state index in [1.807, 2.05) is 0 Å². The van der Waals surface area contributed by atoms with Crippen LogP contribution in [0.25, 0.3) is 0 Å². The Morgan fingerprint density at radius 1 is 1.00 bits per heavy atom. The highest BCUT2D eigenvalue weighted by atomic mass is 19.2. The minimum atomic E-state index is -0.988. The number of halogens is 2. The number of esters is 1. The molecular weight excluding hydrogens is 380 g/mol. The topological polar surface area (TPSA) is 80.3 Å². The number of pyridine rings is 1. The van der Waals surface area contributed by atoms with Gasteiger partial charge in [0.25, 0.3) is 5.91 Å². The first-order valence-electron chi connectivity index (χ1n) is 8.73. The van der Waals surface area contributed by atoms with E-state index in [1.165, 1.54) is 18.3 Å². The molecule has 0 aliphatic rings. The van der Waals surface area contributed by atoms with Crippen LogP contribution in [0.3, 0.4) is 0 Å². The normalized spacial score (nSPS) is 10.3. The zero-order chi connectivity index (χ0) is 20.8. The van der Waals surface area contributed by atoms with Crippen molar-refractivity contribution in [1.29, 1.82) is 0 Å². The van der Waals surface area contributed by atoms with Gasteiger partial charge in [0.1, 0.15) is 5.69 Å². The minimum absolute atomic E-state index is 0.0660. The van der Waals surface area contributed by atoms with Gasteiger partial charge in [0, 0.05) is 23.6 Å². The number of para-hydroxylation sites is 1. The third kappa shape index (κ3) is 4.92. The van der Waals surface area contributed by atoms with Crippen molar-refractivity contribution in [2.45, 2.75) is 6.92 Å². The summed E-state index contributed by atoms with van der Waals surface area (Å²) in [5, 5.41) is 5.51. The van der Waals surface area contributed by atoms with Crippen LogP contribution < -0.4 is 10.6 Å². The van der Waals surface area contributed by atoms with Crippen LogP contribution in [0, 0.1) is 11.6 Å². The minimum Gasteiger partial charge on any atom is -0.462 e. The number of benzene rings is 2. The average Bonchev–Trinajstić information content (AvgIpc) is 2.71. The molecule has 8 heteroatoms. The second-order valence-electron chi connectivity index (χ2n) is 5.90. The Morgan fingerprint density at radius 3 is 2.52 bits per heavy atom. The lowest BCUT2D eigenvalue weighted by Gasteiger charge is -2.11. The maximum atomic E-state index is 13.4. The highest BCUT2D eigenvalue weighted by molar-refractivity contribution is 6.07. The van der Waals surface area contributed by atoms with Gasteiger partial charge in [0.15, 0.2) is 11.6 Å². The molecule has 0 saturated heterocycles. The standard InChI is InChI=1S/C21H17F2N3O3/c1-2-29-21(28)15-5-3-4-6-18(15)26-20(27)19-12-14(9-10-24-19)25-13-7-8-16(22)17(23)11-13/h3-12H,2H2,1H3,(H,24,25)(H,26,27). The van der Waals surface area contributed by atoms with E-state index >= 15 is 0 Å². The second kappa shape index (κ2) is 8.92. The third-order valence-corrected chi connectivity index (χ3v) is 3.87. The molecule has 1 heterocycles. The fourth-order valence-corrected chi connectivity index (χ4v) is 2.54. The van der Waals surface area contributed by atoms with Crippen molar-refractivity contribution in [3.8, 4) is 0 Å². The lowest BCUT2D eigenvalue weighted by Crippen LogP contribution is -2.17. The molecule has 2 aromatic carbocycles. The number of aromatic nitrogens is 1. The van der Waals surface area contributed by atoms with Crippen molar-refractivity contribution in [2.24, 2.45) is 0 Å². The molecule has 0 saturated carbocycles. The third-order valence-electron chi connectivity index (χ3n) is 3.87. The van der Waals surface area contributed by atoms with Gasteiger partial charge in [-0.1, -0.05) is 12.1 Å². The summed E-state index contributed by atoms with van der Waals surface area (Å²) in [6, 6.07) is 12.8. The van der Waals surface area contributed by atoms with Crippen molar-refractivity contribution in [2.75, 3.05) is 17.2 Å². The molecule has 0 unspecified atom stereocenters. The molecule has 0 aliphatic heterocycles. The molecule has 0 spiro atoms. The first-order chi connectivity index (χ1) is 14.0. The maximum absolute atomic E-state index is 13.4. The smallest absolute Gasteiger partial charge is 0.340 e. The average molecular weight is 397 g/mol. The Bertz CT molecular complexity index is 1060. The number of nitrogens with zero attached hydrogens (tertiary/aromatic N) is 1. The molecule has 3 rings (SSSR count). The molecular formula is C21H17F2N3O3. The SMILES string of the molecule is CCOC(=O)c1ccccc1NC(=O)c1cc(Nc2ccc(F)c(F)c2)ccn1. The van der Waals surface area contributed by atoms with Crippen molar-refractivity contribution >= 4 is 28.9 Å². The first kappa shape index (κ1) is 19.9. The zero-order valence-corrected chi connectivity index (χ0v) is 15.4. The highest BCUT2D eigenvalue weighted by Crippen LogP contribution is 2.21. The lowest BCUT2D eigenvalue weighted by atomic mass is 10.1. The van der Waals surface area contributed by atoms with Crippen molar-refractivity contribution < 1.29 is 23.1 Å². The molecule has 3 aromatic rings. The number of carbonyl (C=O) groups excluding carboxylic acids is 2. The summed E-state index contributed by atoms with van der Waals surface area (Å²) in [5.41, 5.74) is 1.34. The Labute approximate surface area is 165 Å². The van der Waals surface area contributed by atoms with Gasteiger partial charge in [-0.25, -0.2) is 13.6 Å². The van der Waals surface area contributed by atoms with Crippen molar-refractivity contribution in [3.63, 3.8) is 0 Å². The molecule has 1 amide bonds. The van der Waals surface area contributed by atoms with Crippen LogP contribution in [0.1, 0.15) is 27.8 Å². The van der Waals surface area contributed by atoms with Gasteiger partial charge >= 0.3 is 5.97 Å². The highest BCUT2D eigenvalue weighted by Gasteiger charge is 2.16. The predicted octanol–water partition coefficient (Wildman–Crippen LogP) is 4.53. The van der Waals surface area contributed by atoms with Gasteiger partial charge in [-0.05, 0) is 43.3 Å². The van der Waals surface area contributed by atoms with Crippen LogP contribution in [0.4, 0.5) is 25.8 Å². The van der Waals surface area contributed by atoms with Gasteiger partial charge in [0.05, 0.1) is 17.9 Å². The molecule has 0 aliphatic carbocycles. The van der Waals surface area contributed by atoms with Gasteiger partial charge in [-0.15, -0.1) is 0 Å². The van der Waals surface area contributed by atoms with E-state index in [-0.39, 0.29) is 23.6 Å². The van der Waals surface area contributed by atoms with Crippen LogP contribution in [-0.4, -0.2) is 23.5 Å². The van der Waals surface area contributed by atoms with Crippen LogP contribution >= 0.6 is 0 Å². The number of amides is 1. The number of carbonyl (C=O) groups is 2. The summed E-state index contributed by atoms with van der Waals surface area (Å²) in [7, 11) is 0. The van der Waals surface area contributed by atoms with E-state index in [0.717, 1.165) is 12.1 Å². The number of hydrogen-bond acceptors (Lipinski definition) is 5. The second-order valence-corrected chi connectivity index (χ2v) is 5.90. The van der Waals surface area contributed by atoms with E-state index < -0.39 is 23.5 Å². The molecule has 2 N–H and O–H groups in total. The Kier molecular flexibility index (Phi) is 6.13. The van der Waals surface area contributed by atoms with E-state index in [4.69, 9.17) is 4.74 Å². The first-order valence-corrected chi connectivity index (χ1v) is 8.73. The Hall–Kier alpha value is -3.81. The van der Waals surface area contributed by atoms with Crippen LogP contribution in [-0.2, 0) is 4.74 Å². The molecule has 29 heavy (non-hydrogen) atoms. The van der Waals surface area contributed by atoms with Crippen LogP contribution in [0.15, 0.2) is 60.8 Å². The monoisotopic (exact) mass is 397 g/mol. The van der Waals surface area contributed by atoms with Gasteiger partial charge in [-0.3, -0.25) is 9.78 Å². The number of anilines is 3. The number of rotatable bonds is 6. The summed E-state index contributed by atoms with van der Waals surface area (Å²) < 4.78 is 31.4. The van der Waals surface area contributed by atoms with Gasteiger partial charge < -0.3 is 15.4 Å². The summed E-state index contributed by atoms with van der Waals surface area (Å²) in [6.45, 7) is 1.90. The number of nitrogens with one attached hydrogen (secondary N) is 2. The summed E-state index contributed by atoms with van der Waals surface area (Å²) in [6.07, 6.45) is 1.40. The molecule has 148 valence electrons. The Morgan fingerprint density at radius 2 is 1.76 bits per heavy atom. The van der Waals surface area contributed by atoms with Crippen molar-refractivity contribution in [1.82, 2.24) is 4.98 Å². The number of ether oxygens (including phenoxy) is 1. The largest absolute Gasteiger partial charge is 0.462 e. The number of hydrogen-bond donors (Lipinski definition) is 2. The predicted molar refractivity (Wildman–Crippen MR) is 104 cm³/mol. The lowest BCUT2D eigenvalue weighted by molar-refractivity contribution is 0.0527.